The van der Waals surface area contributed by atoms with Gasteiger partial charge in [0.2, 0.25) is 0 Å². The van der Waals surface area contributed by atoms with Crippen molar-refractivity contribution < 1.29 is 22.0 Å². The van der Waals surface area contributed by atoms with E-state index < -0.39 is 28.3 Å². The summed E-state index contributed by atoms with van der Waals surface area (Å²) < 4.78 is 60.7. The van der Waals surface area contributed by atoms with Gasteiger partial charge in [-0.2, -0.15) is 13.2 Å². The summed E-state index contributed by atoms with van der Waals surface area (Å²) in [5.41, 5.74) is -2.68. The normalized spacial score (nSPS) is 12.2. The first-order valence-electron chi connectivity index (χ1n) is 3.33. The first-order valence-corrected chi connectivity index (χ1v) is 4.13. The lowest BCUT2D eigenvalue weighted by atomic mass is 10.2. The molecule has 78 valence electrons. The summed E-state index contributed by atoms with van der Waals surface area (Å²) in [6.07, 6.45) is -7.19. The highest BCUT2D eigenvalue weighted by Gasteiger charge is 2.38. The summed E-state index contributed by atoms with van der Waals surface area (Å²) in [6.45, 7) is 0. The van der Waals surface area contributed by atoms with Crippen molar-refractivity contribution >= 4 is 15.9 Å². The number of hydrogen-bond acceptors (Lipinski definition) is 1. The van der Waals surface area contributed by atoms with Gasteiger partial charge in [-0.1, -0.05) is 15.9 Å². The molecule has 0 bridgehead atoms. The fraction of sp³-hybridized carbons (Fsp3) is 0.286. The van der Waals surface area contributed by atoms with Crippen LogP contribution in [0.2, 0.25) is 0 Å². The molecule has 0 saturated carbocycles. The molecule has 7 heteroatoms. The average Bonchev–Trinajstić information content (AvgIpc) is 2.01. The van der Waals surface area contributed by atoms with Gasteiger partial charge in [0, 0.05) is 10.7 Å². The Morgan fingerprint density at radius 1 is 1.29 bits per heavy atom. The van der Waals surface area contributed by atoms with Gasteiger partial charge in [0.05, 0.1) is 5.56 Å². The van der Waals surface area contributed by atoms with Crippen LogP contribution in [-0.4, -0.2) is 4.98 Å². The van der Waals surface area contributed by atoms with Gasteiger partial charge in [-0.15, -0.1) is 0 Å². The van der Waals surface area contributed by atoms with Crippen LogP contribution < -0.4 is 0 Å². The molecule has 0 aliphatic heterocycles. The van der Waals surface area contributed by atoms with Gasteiger partial charge in [-0.05, 0) is 6.07 Å². The monoisotopic (exact) mass is 275 g/mol. The van der Waals surface area contributed by atoms with Gasteiger partial charge in [0.25, 0.3) is 6.43 Å². The van der Waals surface area contributed by atoms with E-state index in [0.717, 1.165) is 12.3 Å². The Hall–Kier alpha value is -0.720. The number of alkyl halides is 5. The van der Waals surface area contributed by atoms with E-state index in [1.54, 1.807) is 0 Å². The van der Waals surface area contributed by atoms with E-state index in [4.69, 9.17) is 0 Å². The topological polar surface area (TPSA) is 12.9 Å². The molecule has 0 spiro atoms. The van der Waals surface area contributed by atoms with E-state index in [1.165, 1.54) is 0 Å². The van der Waals surface area contributed by atoms with Gasteiger partial charge >= 0.3 is 6.18 Å². The van der Waals surface area contributed by atoms with Crippen molar-refractivity contribution in [1.82, 2.24) is 4.98 Å². The highest BCUT2D eigenvalue weighted by Crippen LogP contribution is 2.39. The molecule has 0 saturated heterocycles. The second-order valence-corrected chi connectivity index (χ2v) is 3.21. The van der Waals surface area contributed by atoms with Crippen LogP contribution in [0.3, 0.4) is 0 Å². The largest absolute Gasteiger partial charge is 0.419 e. The van der Waals surface area contributed by atoms with Crippen LogP contribution in [0.25, 0.3) is 0 Å². The zero-order valence-electron chi connectivity index (χ0n) is 6.45. The molecule has 0 fully saturated rings. The maximum Gasteiger partial charge on any atom is 0.419 e. The Morgan fingerprint density at radius 2 is 1.86 bits per heavy atom. The lowest BCUT2D eigenvalue weighted by Crippen LogP contribution is -2.12. The van der Waals surface area contributed by atoms with E-state index >= 15 is 0 Å². The summed E-state index contributed by atoms with van der Waals surface area (Å²) in [5, 5.41) is 0. The standard InChI is InChI=1S/C7H3BrF5N/c8-3-1-2-14-5(6(9)10)4(3)7(11,12)13/h1-2,6H. The molecule has 0 N–H and O–H groups in total. The second-order valence-electron chi connectivity index (χ2n) is 2.35. The first kappa shape index (κ1) is 11.4. The van der Waals surface area contributed by atoms with E-state index in [0.29, 0.717) is 0 Å². The summed E-state index contributed by atoms with van der Waals surface area (Å²) >= 11 is 2.56. The summed E-state index contributed by atoms with van der Waals surface area (Å²) in [7, 11) is 0. The van der Waals surface area contributed by atoms with Gasteiger partial charge in [-0.25, -0.2) is 8.78 Å². The fourth-order valence-corrected chi connectivity index (χ4v) is 1.45. The predicted molar refractivity (Wildman–Crippen MR) is 41.9 cm³/mol. The number of hydrogen-bond donors (Lipinski definition) is 0. The van der Waals surface area contributed by atoms with Crippen LogP contribution in [0, 0.1) is 0 Å². The maximum absolute atomic E-state index is 12.3. The number of nitrogens with zero attached hydrogens (tertiary/aromatic N) is 1. The van der Waals surface area contributed by atoms with Gasteiger partial charge in [-0.3, -0.25) is 4.98 Å². The van der Waals surface area contributed by atoms with Crippen LogP contribution >= 0.6 is 15.9 Å². The molecule has 1 aromatic heterocycles. The molecular weight excluding hydrogens is 273 g/mol. The summed E-state index contributed by atoms with van der Waals surface area (Å²) in [6, 6.07) is 0.967. The highest BCUT2D eigenvalue weighted by molar-refractivity contribution is 9.10. The average molecular weight is 276 g/mol. The van der Waals surface area contributed by atoms with Crippen LogP contribution in [-0.2, 0) is 6.18 Å². The van der Waals surface area contributed by atoms with Crippen molar-refractivity contribution in [2.45, 2.75) is 12.6 Å². The molecule has 0 radical (unpaired) electrons. The minimum atomic E-state index is -4.83. The molecule has 1 nitrogen and oxygen atoms in total. The molecule has 0 aliphatic carbocycles. The Morgan fingerprint density at radius 3 is 2.21 bits per heavy atom. The number of rotatable bonds is 1. The first-order chi connectivity index (χ1) is 6.34. The Bertz CT molecular complexity index is 335. The Labute approximate surface area is 84.1 Å². The summed E-state index contributed by atoms with van der Waals surface area (Å²) in [4.78, 5) is 3.01. The Kier molecular flexibility index (Phi) is 3.08. The third-order valence-electron chi connectivity index (χ3n) is 1.42. The van der Waals surface area contributed by atoms with E-state index in [-0.39, 0.29) is 0 Å². The molecule has 0 aromatic carbocycles. The molecule has 0 unspecified atom stereocenters. The number of aromatic nitrogens is 1. The van der Waals surface area contributed by atoms with E-state index in [9.17, 15) is 22.0 Å². The lowest BCUT2D eigenvalue weighted by molar-refractivity contribution is -0.140. The van der Waals surface area contributed by atoms with Crippen LogP contribution in [0.4, 0.5) is 22.0 Å². The van der Waals surface area contributed by atoms with Crippen molar-refractivity contribution in [2.24, 2.45) is 0 Å². The maximum atomic E-state index is 12.3. The van der Waals surface area contributed by atoms with Crippen LogP contribution in [0.15, 0.2) is 16.7 Å². The second kappa shape index (κ2) is 3.80. The molecule has 0 atom stereocenters. The van der Waals surface area contributed by atoms with Gasteiger partial charge in [0.1, 0.15) is 5.69 Å². The Balaban J connectivity index is 3.38. The summed E-state index contributed by atoms with van der Waals surface area (Å²) in [5.74, 6) is 0. The minimum absolute atomic E-state index is 0.435. The molecule has 1 rings (SSSR count). The van der Waals surface area contributed by atoms with Crippen molar-refractivity contribution in [3.8, 4) is 0 Å². The van der Waals surface area contributed by atoms with Crippen molar-refractivity contribution in [1.29, 1.82) is 0 Å². The van der Waals surface area contributed by atoms with Crippen molar-refractivity contribution in [3.05, 3.63) is 28.0 Å². The zero-order valence-corrected chi connectivity index (χ0v) is 8.03. The van der Waals surface area contributed by atoms with E-state index in [1.807, 2.05) is 0 Å². The van der Waals surface area contributed by atoms with Crippen molar-refractivity contribution in [2.75, 3.05) is 0 Å². The van der Waals surface area contributed by atoms with Crippen LogP contribution in [0.5, 0.6) is 0 Å². The SMILES string of the molecule is FC(F)c1nccc(Br)c1C(F)(F)F. The molecule has 1 heterocycles. The quantitative estimate of drug-likeness (QED) is 0.711. The van der Waals surface area contributed by atoms with E-state index in [2.05, 4.69) is 20.9 Å². The fourth-order valence-electron chi connectivity index (χ4n) is 0.899. The smallest absolute Gasteiger partial charge is 0.255 e. The zero-order chi connectivity index (χ0) is 10.9. The molecule has 1 aromatic rings. The third-order valence-corrected chi connectivity index (χ3v) is 2.08. The van der Waals surface area contributed by atoms with Crippen LogP contribution in [0.1, 0.15) is 17.7 Å². The van der Waals surface area contributed by atoms with Crippen molar-refractivity contribution in [3.63, 3.8) is 0 Å². The van der Waals surface area contributed by atoms with Gasteiger partial charge < -0.3 is 0 Å². The molecular formula is C7H3BrF5N. The highest BCUT2D eigenvalue weighted by atomic mass is 79.9. The molecule has 14 heavy (non-hydrogen) atoms. The molecule has 0 amide bonds. The third kappa shape index (κ3) is 2.20. The lowest BCUT2D eigenvalue weighted by Gasteiger charge is -2.12. The predicted octanol–water partition coefficient (Wildman–Crippen LogP) is 3.80. The minimum Gasteiger partial charge on any atom is -0.255 e. The number of pyridine rings is 1. The molecule has 0 aliphatic rings. The number of halogens is 6. The van der Waals surface area contributed by atoms with Gasteiger partial charge in [0.15, 0.2) is 0 Å².